The highest BCUT2D eigenvalue weighted by Crippen LogP contribution is 2.59. The Morgan fingerprint density at radius 3 is 1.43 bits per heavy atom. The molecule has 3 unspecified atom stereocenters. The van der Waals surface area contributed by atoms with E-state index in [0.717, 1.165) is 51.4 Å². The van der Waals surface area contributed by atoms with Crippen molar-refractivity contribution in [3.63, 3.8) is 0 Å². The zero-order valence-corrected chi connectivity index (χ0v) is 23.6. The van der Waals surface area contributed by atoms with Gasteiger partial charge in [0, 0.05) is 0 Å². The summed E-state index contributed by atoms with van der Waals surface area (Å²) in [6.45, 7) is 6.48. The van der Waals surface area contributed by atoms with E-state index in [9.17, 15) is 19.8 Å². The second kappa shape index (κ2) is 18.2. The van der Waals surface area contributed by atoms with E-state index >= 15 is 0 Å². The number of hydrogen-bond donors (Lipinski definition) is 2. The molecule has 3 atom stereocenters. The van der Waals surface area contributed by atoms with E-state index in [2.05, 4.69) is 13.8 Å². The van der Waals surface area contributed by atoms with E-state index in [4.69, 9.17) is 0 Å². The summed E-state index contributed by atoms with van der Waals surface area (Å²) in [7, 11) is 0. The smallest absolute Gasteiger partial charge is 0.311 e. The molecule has 0 aromatic carbocycles. The standard InChI is InChI=1S/C31H58O4/c1-4-6-8-10-12-14-16-18-20-24-30(28(32)33)25-22-23-27(3)31(30,29(34)35)26-21-19-17-15-13-11-9-7-5-2/h27H,4-26H2,1-3H3,(H,32,33)(H,34,35). The number of rotatable bonds is 22. The normalized spacial score (nSPS) is 24.5. The van der Waals surface area contributed by atoms with Crippen molar-refractivity contribution in [3.05, 3.63) is 0 Å². The first-order valence-corrected chi connectivity index (χ1v) is 15.4. The lowest BCUT2D eigenvalue weighted by atomic mass is 9.48. The van der Waals surface area contributed by atoms with Crippen LogP contribution < -0.4 is 0 Å². The Bertz CT molecular complexity index is 574. The third-order valence-electron chi connectivity index (χ3n) is 9.11. The van der Waals surface area contributed by atoms with Gasteiger partial charge in [0.2, 0.25) is 0 Å². The summed E-state index contributed by atoms with van der Waals surface area (Å²) in [6.07, 6.45) is 24.5. The second-order valence-electron chi connectivity index (χ2n) is 11.6. The predicted molar refractivity (Wildman–Crippen MR) is 147 cm³/mol. The average Bonchev–Trinajstić information content (AvgIpc) is 2.82. The van der Waals surface area contributed by atoms with Gasteiger partial charge in [0.05, 0.1) is 10.8 Å². The number of unbranched alkanes of at least 4 members (excludes halogenated alkanes) is 16. The van der Waals surface area contributed by atoms with Gasteiger partial charge in [-0.05, 0) is 31.6 Å². The van der Waals surface area contributed by atoms with Crippen molar-refractivity contribution in [1.82, 2.24) is 0 Å². The lowest BCUT2D eigenvalue weighted by molar-refractivity contribution is -0.189. The van der Waals surface area contributed by atoms with E-state index in [1.165, 1.54) is 77.0 Å². The highest BCUT2D eigenvalue weighted by Gasteiger charge is 2.64. The van der Waals surface area contributed by atoms with Gasteiger partial charge >= 0.3 is 11.9 Å². The zero-order chi connectivity index (χ0) is 26.0. The van der Waals surface area contributed by atoms with Gasteiger partial charge in [-0.3, -0.25) is 9.59 Å². The summed E-state index contributed by atoms with van der Waals surface area (Å²) < 4.78 is 0. The Balaban J connectivity index is 2.68. The van der Waals surface area contributed by atoms with Gasteiger partial charge in [-0.15, -0.1) is 0 Å². The molecule has 2 N–H and O–H groups in total. The summed E-state index contributed by atoms with van der Waals surface area (Å²) >= 11 is 0. The number of aliphatic carboxylic acids is 2. The fourth-order valence-electron chi connectivity index (χ4n) is 6.86. The first kappa shape index (κ1) is 32.0. The number of carboxylic acid groups (broad SMARTS) is 2. The van der Waals surface area contributed by atoms with Crippen molar-refractivity contribution in [2.45, 2.75) is 168 Å². The van der Waals surface area contributed by atoms with Gasteiger partial charge in [0.15, 0.2) is 0 Å². The van der Waals surface area contributed by atoms with E-state index < -0.39 is 22.8 Å². The maximum absolute atomic E-state index is 12.9. The molecule has 1 aliphatic carbocycles. The first-order valence-electron chi connectivity index (χ1n) is 15.4. The Morgan fingerprint density at radius 2 is 1.03 bits per heavy atom. The van der Waals surface area contributed by atoms with Crippen LogP contribution in [0.15, 0.2) is 0 Å². The maximum atomic E-state index is 12.9. The molecule has 4 nitrogen and oxygen atoms in total. The van der Waals surface area contributed by atoms with Crippen molar-refractivity contribution >= 4 is 11.9 Å². The fourth-order valence-corrected chi connectivity index (χ4v) is 6.86. The Hall–Kier alpha value is -1.06. The van der Waals surface area contributed by atoms with Crippen LogP contribution in [0.25, 0.3) is 0 Å². The van der Waals surface area contributed by atoms with Crippen molar-refractivity contribution in [1.29, 1.82) is 0 Å². The molecule has 0 aliphatic heterocycles. The summed E-state index contributed by atoms with van der Waals surface area (Å²) in [4.78, 5) is 25.7. The van der Waals surface area contributed by atoms with Crippen LogP contribution in [-0.4, -0.2) is 22.2 Å². The number of carbonyl (C=O) groups is 2. The molecule has 206 valence electrons. The quantitative estimate of drug-likeness (QED) is 0.147. The summed E-state index contributed by atoms with van der Waals surface area (Å²) in [5, 5.41) is 21.0. The van der Waals surface area contributed by atoms with Gasteiger partial charge in [-0.25, -0.2) is 0 Å². The molecule has 0 saturated heterocycles. The molecule has 0 heterocycles. The average molecular weight is 495 g/mol. The minimum Gasteiger partial charge on any atom is -0.481 e. The third kappa shape index (κ3) is 9.73. The zero-order valence-electron chi connectivity index (χ0n) is 23.6. The molecule has 4 heteroatoms. The van der Waals surface area contributed by atoms with E-state index in [0.29, 0.717) is 19.3 Å². The van der Waals surface area contributed by atoms with Crippen LogP contribution in [0.5, 0.6) is 0 Å². The molecule has 0 radical (unpaired) electrons. The van der Waals surface area contributed by atoms with Crippen LogP contribution >= 0.6 is 0 Å². The molecule has 0 aromatic rings. The molecule has 0 amide bonds. The summed E-state index contributed by atoms with van der Waals surface area (Å²) in [5.74, 6) is -1.80. The molecule has 1 rings (SSSR count). The molecule has 1 saturated carbocycles. The molecule has 1 aliphatic rings. The van der Waals surface area contributed by atoms with Crippen molar-refractivity contribution in [2.75, 3.05) is 0 Å². The highest BCUT2D eigenvalue weighted by atomic mass is 16.4. The SMILES string of the molecule is CCCCCCCCCCCC1(C(=O)O)CCCC(C)C1(CCCCCCCCCCC)C(=O)O. The Morgan fingerprint density at radius 1 is 0.629 bits per heavy atom. The number of carboxylic acids is 2. The van der Waals surface area contributed by atoms with Gasteiger partial charge in [-0.2, -0.15) is 0 Å². The molecule has 35 heavy (non-hydrogen) atoms. The summed E-state index contributed by atoms with van der Waals surface area (Å²) in [6, 6.07) is 0. The second-order valence-corrected chi connectivity index (χ2v) is 11.6. The van der Waals surface area contributed by atoms with Gasteiger partial charge in [-0.1, -0.05) is 143 Å². The largest absolute Gasteiger partial charge is 0.481 e. The first-order chi connectivity index (χ1) is 16.9. The van der Waals surface area contributed by atoms with Crippen LogP contribution in [-0.2, 0) is 9.59 Å². The molecule has 1 fully saturated rings. The van der Waals surface area contributed by atoms with Crippen molar-refractivity contribution in [3.8, 4) is 0 Å². The molecule has 0 spiro atoms. The van der Waals surface area contributed by atoms with Crippen molar-refractivity contribution in [2.24, 2.45) is 16.7 Å². The predicted octanol–water partition coefficient (Wildman–Crippen LogP) is 9.79. The molecular weight excluding hydrogens is 436 g/mol. The Kier molecular flexibility index (Phi) is 16.6. The van der Waals surface area contributed by atoms with Gasteiger partial charge in [0.25, 0.3) is 0 Å². The molecule has 0 bridgehead atoms. The van der Waals surface area contributed by atoms with Crippen LogP contribution in [0.4, 0.5) is 0 Å². The lowest BCUT2D eigenvalue weighted by Crippen LogP contribution is -2.58. The lowest BCUT2D eigenvalue weighted by Gasteiger charge is -2.52. The monoisotopic (exact) mass is 494 g/mol. The minimum absolute atomic E-state index is 0.0857. The minimum atomic E-state index is -1.13. The van der Waals surface area contributed by atoms with Crippen LogP contribution in [0.1, 0.15) is 168 Å². The Labute approximate surface area is 217 Å². The highest BCUT2D eigenvalue weighted by molar-refractivity contribution is 5.87. The van der Waals surface area contributed by atoms with Crippen LogP contribution in [0.2, 0.25) is 0 Å². The summed E-state index contributed by atoms with van der Waals surface area (Å²) in [5.41, 5.74) is -2.24. The molecule has 0 aromatic heterocycles. The molecular formula is C31H58O4. The topological polar surface area (TPSA) is 74.6 Å². The van der Waals surface area contributed by atoms with Gasteiger partial charge < -0.3 is 10.2 Å². The van der Waals surface area contributed by atoms with E-state index in [-0.39, 0.29) is 5.92 Å². The van der Waals surface area contributed by atoms with Crippen LogP contribution in [0, 0.1) is 16.7 Å². The van der Waals surface area contributed by atoms with Gasteiger partial charge in [0.1, 0.15) is 0 Å². The number of hydrogen-bond acceptors (Lipinski definition) is 2. The fraction of sp³-hybridized carbons (Fsp3) is 0.935. The maximum Gasteiger partial charge on any atom is 0.311 e. The van der Waals surface area contributed by atoms with E-state index in [1.807, 2.05) is 6.92 Å². The van der Waals surface area contributed by atoms with E-state index in [1.54, 1.807) is 0 Å². The third-order valence-corrected chi connectivity index (χ3v) is 9.11. The van der Waals surface area contributed by atoms with Crippen LogP contribution in [0.3, 0.4) is 0 Å². The van der Waals surface area contributed by atoms with Crippen molar-refractivity contribution < 1.29 is 19.8 Å².